The van der Waals surface area contributed by atoms with Gasteiger partial charge in [-0.2, -0.15) is 4.57 Å². The van der Waals surface area contributed by atoms with Crippen molar-refractivity contribution in [2.45, 2.75) is 24.9 Å². The number of amides is 1. The Balaban J connectivity index is 1.45. The number of nitrogens with zero attached hydrogens (tertiary/aromatic N) is 3. The Labute approximate surface area is 186 Å². The summed E-state index contributed by atoms with van der Waals surface area (Å²) >= 11 is 3.15. The molecule has 5 rings (SSSR count). The van der Waals surface area contributed by atoms with Crippen molar-refractivity contribution in [3.8, 4) is 0 Å². The van der Waals surface area contributed by atoms with Gasteiger partial charge in [-0.05, 0) is 12.1 Å². The Morgan fingerprint density at radius 1 is 1.39 bits per heavy atom. The minimum absolute atomic E-state index is 0.0262. The highest BCUT2D eigenvalue weighted by atomic mass is 32.2. The average Bonchev–Trinajstić information content (AvgIpc) is 3.35. The molecule has 8 nitrogen and oxygen atoms in total. The number of amidine groups is 1. The maximum absolute atomic E-state index is 11.9. The van der Waals surface area contributed by atoms with Crippen molar-refractivity contribution in [3.05, 3.63) is 63.9 Å². The van der Waals surface area contributed by atoms with Crippen LogP contribution in [-0.4, -0.2) is 38.3 Å². The molecule has 2 aliphatic rings. The Kier molecular flexibility index (Phi) is 4.82. The first kappa shape index (κ1) is 19.8. The fourth-order valence-electron chi connectivity index (χ4n) is 3.98. The summed E-state index contributed by atoms with van der Waals surface area (Å²) in [7, 11) is 0. The van der Waals surface area contributed by atoms with Gasteiger partial charge >= 0.3 is 0 Å². The number of hydrogen-bond acceptors (Lipinski definition) is 6. The van der Waals surface area contributed by atoms with Crippen molar-refractivity contribution in [1.29, 1.82) is 5.41 Å². The molecular formula is C21H19N5O3S2. The van der Waals surface area contributed by atoms with Crippen LogP contribution < -0.4 is 15.4 Å². The van der Waals surface area contributed by atoms with Gasteiger partial charge < -0.3 is 20.2 Å². The van der Waals surface area contributed by atoms with Crippen molar-refractivity contribution in [2.75, 3.05) is 5.75 Å². The topological polar surface area (TPSA) is 119 Å². The normalized spacial score (nSPS) is 18.3. The predicted octanol–water partition coefficient (Wildman–Crippen LogP) is 0.632. The van der Waals surface area contributed by atoms with Crippen molar-refractivity contribution in [2.24, 2.45) is 5.73 Å². The van der Waals surface area contributed by atoms with E-state index in [4.69, 9.17) is 11.1 Å². The van der Waals surface area contributed by atoms with Crippen LogP contribution in [0.15, 0.2) is 53.4 Å². The van der Waals surface area contributed by atoms with E-state index in [9.17, 15) is 14.7 Å². The molecule has 0 aliphatic carbocycles. The largest absolute Gasteiger partial charge is 0.543 e. The van der Waals surface area contributed by atoms with Gasteiger partial charge in [0.1, 0.15) is 11.4 Å². The van der Waals surface area contributed by atoms with Gasteiger partial charge in [-0.3, -0.25) is 15.1 Å². The molecule has 1 fully saturated rings. The summed E-state index contributed by atoms with van der Waals surface area (Å²) in [6.45, 7) is 1.03. The third-order valence-electron chi connectivity index (χ3n) is 5.56. The van der Waals surface area contributed by atoms with Gasteiger partial charge in [0.2, 0.25) is 5.91 Å². The molecule has 158 valence electrons. The fraction of sp³-hybridized carbons (Fsp3) is 0.238. The maximum atomic E-state index is 11.9. The number of thioether (sulfide) groups is 1. The summed E-state index contributed by atoms with van der Waals surface area (Å²) in [6, 6.07) is 5.95. The van der Waals surface area contributed by atoms with Crippen molar-refractivity contribution >= 4 is 51.7 Å². The molecule has 0 aromatic carbocycles. The summed E-state index contributed by atoms with van der Waals surface area (Å²) in [5.41, 5.74) is 8.01. The number of rotatable bonds is 6. The highest BCUT2D eigenvalue weighted by molar-refractivity contribution is 8.00. The van der Waals surface area contributed by atoms with E-state index in [1.807, 2.05) is 46.7 Å². The molecule has 1 amide bonds. The molecule has 0 saturated carbocycles. The Morgan fingerprint density at radius 3 is 2.94 bits per heavy atom. The number of carboxylic acid groups (broad SMARTS) is 1. The first-order valence-electron chi connectivity index (χ1n) is 9.67. The van der Waals surface area contributed by atoms with Crippen LogP contribution in [0.25, 0.3) is 10.9 Å². The summed E-state index contributed by atoms with van der Waals surface area (Å²) in [5, 5.41) is 22.2. The lowest BCUT2D eigenvalue weighted by Crippen LogP contribution is -2.56. The second-order valence-electron chi connectivity index (χ2n) is 7.59. The Bertz CT molecular complexity index is 1280. The lowest BCUT2D eigenvalue weighted by atomic mass is 10.1. The predicted molar refractivity (Wildman–Crippen MR) is 116 cm³/mol. The van der Waals surface area contributed by atoms with Crippen molar-refractivity contribution in [1.82, 2.24) is 9.47 Å². The van der Waals surface area contributed by atoms with Crippen LogP contribution in [0.5, 0.6) is 0 Å². The van der Waals surface area contributed by atoms with Crippen LogP contribution in [0.2, 0.25) is 0 Å². The molecule has 10 heteroatoms. The van der Waals surface area contributed by atoms with Crippen LogP contribution in [-0.2, 0) is 22.7 Å². The number of β-lactam (4-membered cyclic amide) rings is 1. The smallest absolute Gasteiger partial charge is 0.230 e. The van der Waals surface area contributed by atoms with E-state index in [0.29, 0.717) is 30.8 Å². The number of pyridine rings is 1. The molecule has 31 heavy (non-hydrogen) atoms. The van der Waals surface area contributed by atoms with Crippen LogP contribution in [0.3, 0.4) is 0 Å². The number of aromatic nitrogens is 2. The molecule has 3 aromatic rings. The quantitative estimate of drug-likeness (QED) is 0.246. The minimum Gasteiger partial charge on any atom is -0.543 e. The van der Waals surface area contributed by atoms with E-state index in [1.54, 1.807) is 23.1 Å². The Morgan fingerprint density at radius 2 is 2.23 bits per heavy atom. The van der Waals surface area contributed by atoms with Crippen molar-refractivity contribution < 1.29 is 19.3 Å². The van der Waals surface area contributed by atoms with E-state index >= 15 is 0 Å². The summed E-state index contributed by atoms with van der Waals surface area (Å²) in [4.78, 5) is 26.2. The number of fused-ring (bicyclic) bond motifs is 2. The van der Waals surface area contributed by atoms with Crippen LogP contribution >= 0.6 is 23.1 Å². The van der Waals surface area contributed by atoms with Crippen molar-refractivity contribution in [3.63, 3.8) is 0 Å². The van der Waals surface area contributed by atoms with E-state index in [2.05, 4.69) is 4.57 Å². The summed E-state index contributed by atoms with van der Waals surface area (Å²) in [5.74, 6) is -0.836. The summed E-state index contributed by atoms with van der Waals surface area (Å²) in [6.07, 6.45) is 6.30. The van der Waals surface area contributed by atoms with Gasteiger partial charge in [0.15, 0.2) is 18.9 Å². The van der Waals surface area contributed by atoms with Crippen LogP contribution in [0, 0.1) is 5.41 Å². The van der Waals surface area contributed by atoms with Gasteiger partial charge in [-0.15, -0.1) is 23.1 Å². The maximum Gasteiger partial charge on any atom is 0.230 e. The average molecular weight is 454 g/mol. The van der Waals surface area contributed by atoms with Gasteiger partial charge in [0, 0.05) is 44.8 Å². The molecule has 5 heterocycles. The van der Waals surface area contributed by atoms with Gasteiger partial charge in [0.25, 0.3) is 0 Å². The number of aliphatic carboxylic acids is 1. The lowest BCUT2D eigenvalue weighted by molar-refractivity contribution is -0.687. The van der Waals surface area contributed by atoms with Gasteiger partial charge in [-0.25, -0.2) is 0 Å². The Hall–Kier alpha value is -3.11. The number of thiophene rings is 1. The highest BCUT2D eigenvalue weighted by Gasteiger charge is 2.43. The van der Waals surface area contributed by atoms with Gasteiger partial charge in [-0.1, -0.05) is 0 Å². The van der Waals surface area contributed by atoms with E-state index in [1.165, 1.54) is 4.90 Å². The van der Waals surface area contributed by atoms with E-state index in [0.717, 1.165) is 21.3 Å². The summed E-state index contributed by atoms with van der Waals surface area (Å²) < 4.78 is 4.05. The van der Waals surface area contributed by atoms with Crippen LogP contribution in [0.4, 0.5) is 0 Å². The molecule has 3 aromatic heterocycles. The number of carbonyl (C=O) groups excluding carboxylic acids is 2. The number of carboxylic acids is 1. The molecule has 0 spiro atoms. The first-order chi connectivity index (χ1) is 14.9. The highest BCUT2D eigenvalue weighted by Crippen LogP contribution is 2.39. The number of carbonyl (C=O) groups is 2. The zero-order chi connectivity index (χ0) is 21.7. The second-order valence-corrected chi connectivity index (χ2v) is 9.75. The molecule has 1 unspecified atom stereocenters. The molecule has 3 N–H and O–H groups in total. The monoisotopic (exact) mass is 453 g/mol. The van der Waals surface area contributed by atoms with E-state index in [-0.39, 0.29) is 22.8 Å². The fourth-order valence-corrected chi connectivity index (χ4v) is 6.12. The molecule has 2 aliphatic heterocycles. The zero-order valence-electron chi connectivity index (χ0n) is 16.4. The molecular weight excluding hydrogens is 434 g/mol. The molecule has 0 radical (unpaired) electrons. The zero-order valence-corrected chi connectivity index (χ0v) is 18.0. The third kappa shape index (κ3) is 3.51. The van der Waals surface area contributed by atoms with Gasteiger partial charge in [0.05, 0.1) is 30.0 Å². The number of hydrogen-bond donors (Lipinski definition) is 2. The lowest BCUT2D eigenvalue weighted by Gasteiger charge is -2.45. The van der Waals surface area contributed by atoms with Crippen LogP contribution in [0.1, 0.15) is 16.9 Å². The first-order valence-corrected chi connectivity index (χ1v) is 11.6. The molecule has 1 atom stereocenters. The second kappa shape index (κ2) is 7.54. The third-order valence-corrected chi connectivity index (χ3v) is 7.76. The number of nitrogens with one attached hydrogen (secondary N) is 1. The molecule has 1 saturated heterocycles. The minimum atomic E-state index is -1.29. The number of nitrogen functional groups attached to an aromatic ring is 1. The molecule has 0 bridgehead atoms. The van der Waals surface area contributed by atoms with E-state index < -0.39 is 5.97 Å². The SMILES string of the molecule is N=C(N)c1csc(Cn2ccc3cc[n+](CC4=C(C(=O)[O-])N5C(=O)CC5SC4)cc32)c1. The number of nitrogens with two attached hydrogens (primary N) is 1. The standard InChI is InChI=1S/C21H19N5O3S2/c22-20(23)13-5-15(30-10-13)8-25-4-2-12-1-3-24(9-16(12)25)7-14-11-31-18-6-17(27)26(18)19(14)21(28)29/h1-5,9-10,18H,6-8,11H2,(H3-,22,23,28,29).